The van der Waals surface area contributed by atoms with Gasteiger partial charge in [0.1, 0.15) is 0 Å². The summed E-state index contributed by atoms with van der Waals surface area (Å²) in [5.74, 6) is -0.930. The standard InChI is InChI=1S/C19H20N2O5/c1-3-26-18(22)12-17(14-9-7-13(2)8-10-14)20-19(23)15-5-4-6-16(11-15)21(24)25/h4-11,17H,3,12H2,1-2H3,(H,20,23)/t17-/m0/s1. The number of non-ortho nitro benzene ring substituents is 1. The molecule has 1 atom stereocenters. The first-order valence-corrected chi connectivity index (χ1v) is 8.18. The van der Waals surface area contributed by atoms with Crippen LogP contribution in [0.1, 0.15) is 40.9 Å². The average molecular weight is 356 g/mol. The fourth-order valence-electron chi connectivity index (χ4n) is 2.44. The second kappa shape index (κ2) is 8.75. The van der Waals surface area contributed by atoms with Gasteiger partial charge in [-0.1, -0.05) is 35.9 Å². The number of nitrogens with zero attached hydrogens (tertiary/aromatic N) is 1. The first-order chi connectivity index (χ1) is 12.4. The molecule has 0 heterocycles. The predicted octanol–water partition coefficient (Wildman–Crippen LogP) is 3.33. The van der Waals surface area contributed by atoms with E-state index in [1.54, 1.807) is 6.92 Å². The first kappa shape index (κ1) is 19.1. The van der Waals surface area contributed by atoms with Crippen LogP contribution in [-0.4, -0.2) is 23.4 Å². The maximum absolute atomic E-state index is 12.5. The summed E-state index contributed by atoms with van der Waals surface area (Å²) in [6, 6.07) is 12.3. The lowest BCUT2D eigenvalue weighted by molar-refractivity contribution is -0.384. The molecule has 0 saturated carbocycles. The number of nitrogens with one attached hydrogen (secondary N) is 1. The fraction of sp³-hybridized carbons (Fsp3) is 0.263. The summed E-state index contributed by atoms with van der Waals surface area (Å²) >= 11 is 0. The Morgan fingerprint density at radius 1 is 1.19 bits per heavy atom. The van der Waals surface area contributed by atoms with Gasteiger partial charge in [-0.2, -0.15) is 0 Å². The highest BCUT2D eigenvalue weighted by molar-refractivity contribution is 5.95. The molecule has 0 radical (unpaired) electrons. The molecule has 0 fully saturated rings. The maximum atomic E-state index is 12.5. The van der Waals surface area contributed by atoms with Crippen LogP contribution in [0, 0.1) is 17.0 Å². The van der Waals surface area contributed by atoms with Gasteiger partial charge in [0.05, 0.1) is 24.0 Å². The predicted molar refractivity (Wildman–Crippen MR) is 95.7 cm³/mol. The lowest BCUT2D eigenvalue weighted by Gasteiger charge is -2.19. The van der Waals surface area contributed by atoms with Crippen LogP contribution in [0.3, 0.4) is 0 Å². The van der Waals surface area contributed by atoms with Crippen LogP contribution < -0.4 is 5.32 Å². The number of nitro groups is 1. The van der Waals surface area contributed by atoms with Gasteiger partial charge in [-0.05, 0) is 25.5 Å². The Kier molecular flexibility index (Phi) is 6.43. The summed E-state index contributed by atoms with van der Waals surface area (Å²) in [5, 5.41) is 13.6. The zero-order valence-corrected chi connectivity index (χ0v) is 14.6. The van der Waals surface area contributed by atoms with E-state index in [0.717, 1.165) is 11.1 Å². The normalized spacial score (nSPS) is 11.5. The summed E-state index contributed by atoms with van der Waals surface area (Å²) in [4.78, 5) is 34.7. The molecule has 0 aromatic heterocycles. The SMILES string of the molecule is CCOC(=O)C[C@H](NC(=O)c1cccc([N+](=O)[O-])c1)c1ccc(C)cc1. The number of hydrogen-bond donors (Lipinski definition) is 1. The molecule has 0 saturated heterocycles. The zero-order valence-electron chi connectivity index (χ0n) is 14.6. The topological polar surface area (TPSA) is 98.5 Å². The summed E-state index contributed by atoms with van der Waals surface area (Å²) < 4.78 is 4.98. The van der Waals surface area contributed by atoms with E-state index in [9.17, 15) is 19.7 Å². The number of nitro benzene ring substituents is 1. The van der Waals surface area contributed by atoms with Gasteiger partial charge in [-0.15, -0.1) is 0 Å². The van der Waals surface area contributed by atoms with Crippen molar-refractivity contribution < 1.29 is 19.2 Å². The minimum absolute atomic E-state index is 0.0302. The highest BCUT2D eigenvalue weighted by Gasteiger charge is 2.21. The van der Waals surface area contributed by atoms with E-state index in [1.807, 2.05) is 31.2 Å². The van der Waals surface area contributed by atoms with E-state index in [-0.39, 0.29) is 24.3 Å². The molecule has 0 aliphatic heterocycles. The van der Waals surface area contributed by atoms with Crippen LogP contribution in [-0.2, 0) is 9.53 Å². The number of ether oxygens (including phenoxy) is 1. The molecule has 2 aromatic carbocycles. The summed E-state index contributed by atoms with van der Waals surface area (Å²) in [7, 11) is 0. The number of aryl methyl sites for hydroxylation is 1. The van der Waals surface area contributed by atoms with E-state index in [4.69, 9.17) is 4.74 Å². The Labute approximate surface area is 151 Å². The fourth-order valence-corrected chi connectivity index (χ4v) is 2.44. The molecule has 0 aliphatic rings. The van der Waals surface area contributed by atoms with Crippen molar-refractivity contribution in [1.29, 1.82) is 0 Å². The first-order valence-electron chi connectivity index (χ1n) is 8.18. The van der Waals surface area contributed by atoms with E-state index in [2.05, 4.69) is 5.32 Å². The largest absolute Gasteiger partial charge is 0.466 e. The van der Waals surface area contributed by atoms with Crippen molar-refractivity contribution in [2.75, 3.05) is 6.61 Å². The summed E-state index contributed by atoms with van der Waals surface area (Å²) in [6.07, 6.45) is -0.0302. The molecule has 2 aromatic rings. The van der Waals surface area contributed by atoms with Crippen molar-refractivity contribution in [3.8, 4) is 0 Å². The smallest absolute Gasteiger partial charge is 0.308 e. The van der Waals surface area contributed by atoms with Crippen LogP contribution in [0.15, 0.2) is 48.5 Å². The third-order valence-electron chi connectivity index (χ3n) is 3.78. The zero-order chi connectivity index (χ0) is 19.1. The van der Waals surface area contributed by atoms with Gasteiger partial charge < -0.3 is 10.1 Å². The molecule has 0 spiro atoms. The van der Waals surface area contributed by atoms with Crippen molar-refractivity contribution in [2.24, 2.45) is 0 Å². The molecule has 0 unspecified atom stereocenters. The van der Waals surface area contributed by atoms with E-state index in [0.29, 0.717) is 0 Å². The third-order valence-corrected chi connectivity index (χ3v) is 3.78. The molecule has 0 aliphatic carbocycles. The molecule has 136 valence electrons. The molecular formula is C19H20N2O5. The van der Waals surface area contributed by atoms with Crippen molar-refractivity contribution in [3.05, 3.63) is 75.3 Å². The van der Waals surface area contributed by atoms with E-state index in [1.165, 1.54) is 24.3 Å². The molecule has 2 rings (SSSR count). The number of benzene rings is 2. The number of esters is 1. The van der Waals surface area contributed by atoms with Crippen molar-refractivity contribution in [2.45, 2.75) is 26.3 Å². The van der Waals surface area contributed by atoms with Gasteiger partial charge in [-0.3, -0.25) is 19.7 Å². The van der Waals surface area contributed by atoms with Gasteiger partial charge in [0.2, 0.25) is 0 Å². The van der Waals surface area contributed by atoms with Crippen LogP contribution >= 0.6 is 0 Å². The lowest BCUT2D eigenvalue weighted by Crippen LogP contribution is -2.30. The summed E-state index contributed by atoms with van der Waals surface area (Å²) in [5.41, 5.74) is 1.78. The molecule has 26 heavy (non-hydrogen) atoms. The van der Waals surface area contributed by atoms with E-state index < -0.39 is 22.8 Å². The molecular weight excluding hydrogens is 336 g/mol. The number of hydrogen-bond acceptors (Lipinski definition) is 5. The van der Waals surface area contributed by atoms with Crippen molar-refractivity contribution in [1.82, 2.24) is 5.32 Å². The van der Waals surface area contributed by atoms with Crippen LogP contribution in [0.25, 0.3) is 0 Å². The van der Waals surface area contributed by atoms with Gasteiger partial charge in [0.25, 0.3) is 11.6 Å². The molecule has 7 heteroatoms. The third kappa shape index (κ3) is 5.14. The van der Waals surface area contributed by atoms with Gasteiger partial charge in [-0.25, -0.2) is 0 Å². The van der Waals surface area contributed by atoms with Gasteiger partial charge in [0, 0.05) is 17.7 Å². The minimum atomic E-state index is -0.596. The lowest BCUT2D eigenvalue weighted by atomic mass is 10.0. The van der Waals surface area contributed by atoms with Gasteiger partial charge >= 0.3 is 5.97 Å². The van der Waals surface area contributed by atoms with Crippen LogP contribution in [0.4, 0.5) is 5.69 Å². The van der Waals surface area contributed by atoms with Crippen molar-refractivity contribution in [3.63, 3.8) is 0 Å². The van der Waals surface area contributed by atoms with E-state index >= 15 is 0 Å². The Hall–Kier alpha value is -3.22. The Bertz CT molecular complexity index is 802. The molecule has 7 nitrogen and oxygen atoms in total. The average Bonchev–Trinajstić information content (AvgIpc) is 2.62. The summed E-state index contributed by atoms with van der Waals surface area (Å²) in [6.45, 7) is 3.89. The highest BCUT2D eigenvalue weighted by atomic mass is 16.6. The highest BCUT2D eigenvalue weighted by Crippen LogP contribution is 2.20. The monoisotopic (exact) mass is 356 g/mol. The minimum Gasteiger partial charge on any atom is -0.466 e. The number of carbonyl (C=O) groups excluding carboxylic acids is 2. The van der Waals surface area contributed by atoms with Gasteiger partial charge in [0.15, 0.2) is 0 Å². The van der Waals surface area contributed by atoms with Crippen molar-refractivity contribution >= 4 is 17.6 Å². The number of carbonyl (C=O) groups is 2. The Morgan fingerprint density at radius 3 is 2.50 bits per heavy atom. The maximum Gasteiger partial charge on any atom is 0.308 e. The molecule has 1 amide bonds. The van der Waals surface area contributed by atoms with Crippen LogP contribution in [0.2, 0.25) is 0 Å². The Balaban J connectivity index is 2.23. The second-order valence-electron chi connectivity index (χ2n) is 5.75. The quantitative estimate of drug-likeness (QED) is 0.466. The number of rotatable bonds is 7. The van der Waals surface area contributed by atoms with Crippen LogP contribution in [0.5, 0.6) is 0 Å². The molecule has 0 bridgehead atoms. The molecule has 1 N–H and O–H groups in total. The second-order valence-corrected chi connectivity index (χ2v) is 5.75. The number of amides is 1. The Morgan fingerprint density at radius 2 is 1.88 bits per heavy atom.